The van der Waals surface area contributed by atoms with Gasteiger partial charge in [0.2, 0.25) is 0 Å². The van der Waals surface area contributed by atoms with Crippen LogP contribution in [0.5, 0.6) is 5.75 Å². The van der Waals surface area contributed by atoms with E-state index in [1.807, 2.05) is 0 Å². The predicted octanol–water partition coefficient (Wildman–Crippen LogP) is 3.35. The molecule has 0 N–H and O–H groups in total. The number of rotatable bonds is 2. The van der Waals surface area contributed by atoms with Crippen LogP contribution in [-0.2, 0) is 0 Å². The van der Waals surface area contributed by atoms with Gasteiger partial charge in [0.05, 0.1) is 5.69 Å². The van der Waals surface area contributed by atoms with Gasteiger partial charge < -0.3 is 4.74 Å². The van der Waals surface area contributed by atoms with Crippen molar-refractivity contribution in [3.05, 3.63) is 28.6 Å². The number of aryl methyl sites for hydroxylation is 1. The quantitative estimate of drug-likeness (QED) is 0.850. The summed E-state index contributed by atoms with van der Waals surface area (Å²) >= 11 is 3.33. The number of alkyl halides is 3. The van der Waals surface area contributed by atoms with Crippen molar-refractivity contribution in [1.29, 1.82) is 0 Å². The van der Waals surface area contributed by atoms with Crippen LogP contribution < -0.4 is 4.74 Å². The largest absolute Gasteiger partial charge is 0.484 e. The van der Waals surface area contributed by atoms with Gasteiger partial charge in [-0.15, -0.1) is 0 Å². The summed E-state index contributed by atoms with van der Waals surface area (Å²) in [5, 5.41) is 0. The second kappa shape index (κ2) is 4.21. The third kappa shape index (κ3) is 2.71. The van der Waals surface area contributed by atoms with E-state index >= 15 is 0 Å². The highest BCUT2D eigenvalue weighted by atomic mass is 79.9. The maximum Gasteiger partial charge on any atom is 0.422 e. The molecule has 0 radical (unpaired) electrons. The van der Waals surface area contributed by atoms with E-state index < -0.39 is 12.8 Å². The fraction of sp³-hybridized carbons (Fsp3) is 0.300. The third-order valence-corrected chi connectivity index (χ3v) is 3.06. The van der Waals surface area contributed by atoms with E-state index in [-0.39, 0.29) is 5.75 Å². The number of imidazole rings is 1. The van der Waals surface area contributed by atoms with Gasteiger partial charge in [-0.05, 0) is 28.9 Å². The van der Waals surface area contributed by atoms with E-state index in [1.54, 1.807) is 17.5 Å². The van der Waals surface area contributed by atoms with Crippen molar-refractivity contribution in [2.24, 2.45) is 0 Å². The number of ether oxygens (including phenoxy) is 1. The third-order valence-electron chi connectivity index (χ3n) is 2.10. The van der Waals surface area contributed by atoms with Gasteiger partial charge in [-0.2, -0.15) is 13.2 Å². The van der Waals surface area contributed by atoms with Crippen LogP contribution in [-0.4, -0.2) is 22.2 Å². The molecule has 2 rings (SSSR count). The highest BCUT2D eigenvalue weighted by Crippen LogP contribution is 2.23. The average Bonchev–Trinajstić information content (AvgIpc) is 2.51. The van der Waals surface area contributed by atoms with E-state index in [9.17, 15) is 13.2 Å². The lowest BCUT2D eigenvalue weighted by molar-refractivity contribution is -0.153. The Labute approximate surface area is 103 Å². The number of hydrogen-bond acceptors (Lipinski definition) is 2. The van der Waals surface area contributed by atoms with Crippen LogP contribution in [0.1, 0.15) is 5.69 Å². The fourth-order valence-electron chi connectivity index (χ4n) is 1.37. The SMILES string of the molecule is Cc1nc2cc(OCC(F)(F)F)ccn2c1Br. The topological polar surface area (TPSA) is 26.5 Å². The van der Waals surface area contributed by atoms with E-state index in [0.29, 0.717) is 5.65 Å². The molecule has 0 aliphatic rings. The van der Waals surface area contributed by atoms with Crippen LogP contribution in [0.2, 0.25) is 0 Å². The molecule has 0 aromatic carbocycles. The maximum atomic E-state index is 12.0. The molecular weight excluding hydrogens is 301 g/mol. The molecular formula is C10H8BrF3N2O. The lowest BCUT2D eigenvalue weighted by Crippen LogP contribution is -2.19. The zero-order chi connectivity index (χ0) is 12.6. The summed E-state index contributed by atoms with van der Waals surface area (Å²) in [6, 6.07) is 2.92. The molecule has 0 bridgehead atoms. The Hall–Kier alpha value is -1.24. The number of halogens is 4. The second-order valence-corrected chi connectivity index (χ2v) is 4.23. The molecule has 0 aliphatic carbocycles. The van der Waals surface area contributed by atoms with Crippen LogP contribution in [0.4, 0.5) is 13.2 Å². The minimum absolute atomic E-state index is 0.146. The van der Waals surface area contributed by atoms with Gasteiger partial charge in [0.15, 0.2) is 6.61 Å². The van der Waals surface area contributed by atoms with Crippen molar-refractivity contribution in [1.82, 2.24) is 9.38 Å². The van der Waals surface area contributed by atoms with Gasteiger partial charge in [-0.3, -0.25) is 4.40 Å². The Balaban J connectivity index is 2.26. The molecule has 0 atom stereocenters. The van der Waals surface area contributed by atoms with Gasteiger partial charge in [-0.25, -0.2) is 4.98 Å². The van der Waals surface area contributed by atoms with Crippen molar-refractivity contribution in [2.45, 2.75) is 13.1 Å². The highest BCUT2D eigenvalue weighted by molar-refractivity contribution is 9.10. The van der Waals surface area contributed by atoms with Crippen LogP contribution in [0.25, 0.3) is 5.65 Å². The molecule has 17 heavy (non-hydrogen) atoms. The molecule has 92 valence electrons. The van der Waals surface area contributed by atoms with Gasteiger partial charge in [-0.1, -0.05) is 0 Å². The molecule has 0 amide bonds. The number of aromatic nitrogens is 2. The Morgan fingerprint density at radius 2 is 2.18 bits per heavy atom. The van der Waals surface area contributed by atoms with Gasteiger partial charge in [0.1, 0.15) is 16.0 Å². The molecule has 3 nitrogen and oxygen atoms in total. The number of nitrogens with zero attached hydrogens (tertiary/aromatic N) is 2. The summed E-state index contributed by atoms with van der Waals surface area (Å²) in [5.74, 6) is 0.146. The average molecular weight is 309 g/mol. The number of pyridine rings is 1. The first-order valence-electron chi connectivity index (χ1n) is 4.70. The van der Waals surface area contributed by atoms with Crippen LogP contribution in [0.15, 0.2) is 22.9 Å². The molecule has 0 spiro atoms. The van der Waals surface area contributed by atoms with Gasteiger partial charge in [0, 0.05) is 12.3 Å². The number of fused-ring (bicyclic) bond motifs is 1. The Morgan fingerprint density at radius 3 is 2.82 bits per heavy atom. The van der Waals surface area contributed by atoms with E-state index in [2.05, 4.69) is 25.7 Å². The van der Waals surface area contributed by atoms with E-state index in [0.717, 1.165) is 10.3 Å². The summed E-state index contributed by atoms with van der Waals surface area (Å²) in [7, 11) is 0. The second-order valence-electron chi connectivity index (χ2n) is 3.48. The number of hydrogen-bond donors (Lipinski definition) is 0. The molecule has 2 aromatic rings. The van der Waals surface area contributed by atoms with Crippen molar-refractivity contribution in [3.63, 3.8) is 0 Å². The normalized spacial score (nSPS) is 12.1. The Kier molecular flexibility index (Phi) is 3.03. The van der Waals surface area contributed by atoms with Crippen LogP contribution in [0, 0.1) is 6.92 Å². The molecule has 0 fully saturated rings. The first-order chi connectivity index (χ1) is 7.87. The smallest absolute Gasteiger partial charge is 0.422 e. The summed E-state index contributed by atoms with van der Waals surface area (Å²) < 4.78 is 43.0. The molecule has 0 saturated carbocycles. The van der Waals surface area contributed by atoms with Crippen molar-refractivity contribution < 1.29 is 17.9 Å². The Morgan fingerprint density at radius 1 is 1.47 bits per heavy atom. The predicted molar refractivity (Wildman–Crippen MR) is 59.2 cm³/mol. The first kappa shape index (κ1) is 12.2. The molecule has 2 heterocycles. The van der Waals surface area contributed by atoms with Crippen LogP contribution in [0.3, 0.4) is 0 Å². The van der Waals surface area contributed by atoms with Crippen molar-refractivity contribution >= 4 is 21.6 Å². The molecule has 0 unspecified atom stereocenters. The van der Waals surface area contributed by atoms with Gasteiger partial charge in [0.25, 0.3) is 0 Å². The molecule has 7 heteroatoms. The standard InChI is InChI=1S/C10H8BrF3N2O/c1-6-9(11)16-3-2-7(4-8(16)15-6)17-5-10(12,13)14/h2-4H,5H2,1H3. The summed E-state index contributed by atoms with van der Waals surface area (Å²) in [4.78, 5) is 4.17. The minimum Gasteiger partial charge on any atom is -0.484 e. The summed E-state index contributed by atoms with van der Waals surface area (Å²) in [6.45, 7) is 0.497. The van der Waals surface area contributed by atoms with Gasteiger partial charge >= 0.3 is 6.18 Å². The first-order valence-corrected chi connectivity index (χ1v) is 5.50. The lowest BCUT2D eigenvalue weighted by atomic mass is 10.4. The van der Waals surface area contributed by atoms with Crippen molar-refractivity contribution in [3.8, 4) is 5.75 Å². The monoisotopic (exact) mass is 308 g/mol. The Bertz CT molecular complexity index is 550. The minimum atomic E-state index is -4.34. The van der Waals surface area contributed by atoms with E-state index in [1.165, 1.54) is 12.1 Å². The highest BCUT2D eigenvalue weighted by Gasteiger charge is 2.28. The molecule has 0 aliphatic heterocycles. The summed E-state index contributed by atoms with van der Waals surface area (Å²) in [5.41, 5.74) is 1.30. The van der Waals surface area contributed by atoms with Crippen LogP contribution >= 0.6 is 15.9 Å². The van der Waals surface area contributed by atoms with Crippen molar-refractivity contribution in [2.75, 3.05) is 6.61 Å². The molecule has 0 saturated heterocycles. The molecule has 2 aromatic heterocycles. The zero-order valence-electron chi connectivity index (χ0n) is 8.75. The summed E-state index contributed by atoms with van der Waals surface area (Å²) in [6.07, 6.45) is -2.73. The van der Waals surface area contributed by atoms with E-state index in [4.69, 9.17) is 0 Å². The fourth-order valence-corrected chi connectivity index (χ4v) is 1.76. The maximum absolute atomic E-state index is 12.0. The lowest BCUT2D eigenvalue weighted by Gasteiger charge is -2.08. The zero-order valence-corrected chi connectivity index (χ0v) is 10.3.